The number of aryl methyl sites for hydroxylation is 1. The monoisotopic (exact) mass is 222 g/mol. The molecule has 5 heteroatoms. The first-order chi connectivity index (χ1) is 7.58. The van der Waals surface area contributed by atoms with Crippen LogP contribution in [0.15, 0.2) is 30.6 Å². The van der Waals surface area contributed by atoms with Crippen LogP contribution in [0.4, 0.5) is 8.78 Å². The van der Waals surface area contributed by atoms with E-state index in [-0.39, 0.29) is 11.3 Å². The Morgan fingerprint density at radius 3 is 2.56 bits per heavy atom. The lowest BCUT2D eigenvalue weighted by molar-refractivity contribution is 0.103. The minimum absolute atomic E-state index is 0.104. The van der Waals surface area contributed by atoms with Crippen LogP contribution in [0.3, 0.4) is 0 Å². The van der Waals surface area contributed by atoms with Gasteiger partial charge >= 0.3 is 0 Å². The number of nitrogens with zero attached hydrogens (tertiary/aromatic N) is 2. The number of halogens is 2. The molecule has 0 bridgehead atoms. The molecule has 2 aromatic rings. The maximum Gasteiger partial charge on any atom is 0.196 e. The number of hydrogen-bond donors (Lipinski definition) is 0. The van der Waals surface area contributed by atoms with Gasteiger partial charge in [-0.05, 0) is 18.2 Å². The predicted octanol–water partition coefficient (Wildman–Crippen LogP) is 1.93. The second-order valence-electron chi connectivity index (χ2n) is 3.36. The van der Waals surface area contributed by atoms with Crippen LogP contribution in [0.5, 0.6) is 0 Å². The molecule has 0 N–H and O–H groups in total. The zero-order valence-corrected chi connectivity index (χ0v) is 8.45. The van der Waals surface area contributed by atoms with E-state index in [1.807, 2.05) is 0 Å². The van der Waals surface area contributed by atoms with Crippen molar-refractivity contribution in [1.82, 2.24) is 9.78 Å². The highest BCUT2D eigenvalue weighted by molar-refractivity contribution is 6.08. The van der Waals surface area contributed by atoms with Gasteiger partial charge in [0, 0.05) is 18.8 Å². The third-order valence-corrected chi connectivity index (χ3v) is 2.15. The van der Waals surface area contributed by atoms with E-state index in [1.54, 1.807) is 7.05 Å². The van der Waals surface area contributed by atoms with Gasteiger partial charge in [0.05, 0.1) is 11.8 Å². The summed E-state index contributed by atoms with van der Waals surface area (Å²) in [7, 11) is 1.67. The zero-order chi connectivity index (χ0) is 11.7. The highest BCUT2D eigenvalue weighted by Gasteiger charge is 2.13. The highest BCUT2D eigenvalue weighted by Crippen LogP contribution is 2.12. The molecule has 0 radical (unpaired) electrons. The van der Waals surface area contributed by atoms with Gasteiger partial charge in [0.1, 0.15) is 0 Å². The average Bonchev–Trinajstić information content (AvgIpc) is 2.68. The Bertz CT molecular complexity index is 549. The molecule has 16 heavy (non-hydrogen) atoms. The van der Waals surface area contributed by atoms with Crippen LogP contribution in [-0.4, -0.2) is 15.6 Å². The van der Waals surface area contributed by atoms with Crippen molar-refractivity contribution in [3.8, 4) is 0 Å². The smallest absolute Gasteiger partial charge is 0.196 e. The minimum atomic E-state index is -1.03. The van der Waals surface area contributed by atoms with E-state index in [2.05, 4.69) is 5.10 Å². The molecule has 0 atom stereocenters. The average molecular weight is 222 g/mol. The van der Waals surface area contributed by atoms with Crippen molar-refractivity contribution in [2.45, 2.75) is 0 Å². The lowest BCUT2D eigenvalue weighted by Gasteiger charge is -1.98. The SMILES string of the molecule is Cn1cc(C(=O)c2ccc(F)c(F)c2)cn1. The molecule has 82 valence electrons. The molecule has 1 heterocycles. The standard InChI is InChI=1S/C11H8F2N2O/c1-15-6-8(5-14-15)11(16)7-2-3-9(12)10(13)4-7/h2-6H,1H3. The predicted molar refractivity (Wildman–Crippen MR) is 53.0 cm³/mol. The molecule has 0 spiro atoms. The Kier molecular flexibility index (Phi) is 2.52. The Balaban J connectivity index is 2.38. The van der Waals surface area contributed by atoms with Crippen molar-refractivity contribution >= 4 is 5.78 Å². The number of benzene rings is 1. The molecule has 3 nitrogen and oxygen atoms in total. The number of ketones is 1. The van der Waals surface area contributed by atoms with E-state index in [0.717, 1.165) is 12.1 Å². The van der Waals surface area contributed by atoms with Crippen molar-refractivity contribution < 1.29 is 13.6 Å². The number of carbonyl (C=O) groups is 1. The van der Waals surface area contributed by atoms with Crippen molar-refractivity contribution in [3.05, 3.63) is 53.4 Å². The van der Waals surface area contributed by atoms with Crippen LogP contribution in [0.2, 0.25) is 0 Å². The molecular weight excluding hydrogens is 214 g/mol. The molecule has 0 saturated heterocycles. The van der Waals surface area contributed by atoms with Crippen molar-refractivity contribution in [2.24, 2.45) is 7.05 Å². The summed E-state index contributed by atoms with van der Waals surface area (Å²) in [6.07, 6.45) is 2.90. The summed E-state index contributed by atoms with van der Waals surface area (Å²) in [5, 5.41) is 3.83. The molecular formula is C11H8F2N2O. The van der Waals surface area contributed by atoms with E-state index in [4.69, 9.17) is 0 Å². The molecule has 0 fully saturated rings. The van der Waals surface area contributed by atoms with Crippen molar-refractivity contribution in [3.63, 3.8) is 0 Å². The molecule has 0 amide bonds. The first-order valence-corrected chi connectivity index (χ1v) is 4.56. The van der Waals surface area contributed by atoms with Crippen molar-refractivity contribution in [1.29, 1.82) is 0 Å². The molecule has 0 saturated carbocycles. The molecule has 0 unspecified atom stereocenters. The first kappa shape index (κ1) is 10.5. The maximum absolute atomic E-state index is 12.9. The number of carbonyl (C=O) groups excluding carboxylic acids is 1. The largest absolute Gasteiger partial charge is 0.288 e. The Morgan fingerprint density at radius 2 is 2.00 bits per heavy atom. The molecule has 0 aliphatic heterocycles. The summed E-state index contributed by atoms with van der Waals surface area (Å²) in [5.41, 5.74) is 0.445. The van der Waals surface area contributed by atoms with E-state index in [0.29, 0.717) is 5.56 Å². The van der Waals surface area contributed by atoms with Crippen LogP contribution >= 0.6 is 0 Å². The Morgan fingerprint density at radius 1 is 1.25 bits per heavy atom. The van der Waals surface area contributed by atoms with Gasteiger partial charge in [0.2, 0.25) is 0 Å². The van der Waals surface area contributed by atoms with Gasteiger partial charge in [-0.2, -0.15) is 5.10 Å². The van der Waals surface area contributed by atoms with Crippen LogP contribution in [-0.2, 0) is 7.05 Å². The maximum atomic E-state index is 12.9. The quantitative estimate of drug-likeness (QED) is 0.728. The van der Waals surface area contributed by atoms with Gasteiger partial charge in [0.15, 0.2) is 17.4 Å². The van der Waals surface area contributed by atoms with Gasteiger partial charge < -0.3 is 0 Å². The zero-order valence-electron chi connectivity index (χ0n) is 8.45. The Hall–Kier alpha value is -2.04. The molecule has 0 aliphatic rings. The van der Waals surface area contributed by atoms with E-state index in [9.17, 15) is 13.6 Å². The van der Waals surface area contributed by atoms with Gasteiger partial charge in [-0.15, -0.1) is 0 Å². The van der Waals surface area contributed by atoms with Crippen LogP contribution < -0.4 is 0 Å². The van der Waals surface area contributed by atoms with E-state index in [1.165, 1.54) is 23.1 Å². The second kappa shape index (κ2) is 3.84. The van der Waals surface area contributed by atoms with Gasteiger partial charge in [-0.3, -0.25) is 9.48 Å². The molecule has 0 aliphatic carbocycles. The molecule has 1 aromatic heterocycles. The third-order valence-electron chi connectivity index (χ3n) is 2.15. The number of hydrogen-bond acceptors (Lipinski definition) is 2. The summed E-state index contributed by atoms with van der Waals surface area (Å²) >= 11 is 0. The normalized spacial score (nSPS) is 10.4. The third kappa shape index (κ3) is 1.84. The van der Waals surface area contributed by atoms with Gasteiger partial charge in [-0.25, -0.2) is 8.78 Å². The van der Waals surface area contributed by atoms with Crippen LogP contribution in [0, 0.1) is 11.6 Å². The fraction of sp³-hybridized carbons (Fsp3) is 0.0909. The second-order valence-corrected chi connectivity index (χ2v) is 3.36. The van der Waals surface area contributed by atoms with Crippen molar-refractivity contribution in [2.75, 3.05) is 0 Å². The van der Waals surface area contributed by atoms with Crippen LogP contribution in [0.1, 0.15) is 15.9 Å². The lowest BCUT2D eigenvalue weighted by atomic mass is 10.1. The highest BCUT2D eigenvalue weighted by atomic mass is 19.2. The molecule has 1 aromatic carbocycles. The fourth-order valence-electron chi connectivity index (χ4n) is 1.34. The minimum Gasteiger partial charge on any atom is -0.288 e. The Labute approximate surface area is 90.3 Å². The summed E-state index contributed by atoms with van der Waals surface area (Å²) in [6.45, 7) is 0. The molecule has 2 rings (SSSR count). The van der Waals surface area contributed by atoms with E-state index < -0.39 is 11.6 Å². The summed E-state index contributed by atoms with van der Waals surface area (Å²) in [4.78, 5) is 11.8. The van der Waals surface area contributed by atoms with E-state index >= 15 is 0 Å². The number of rotatable bonds is 2. The summed E-state index contributed by atoms with van der Waals surface area (Å²) in [5.74, 6) is -2.38. The summed E-state index contributed by atoms with van der Waals surface area (Å²) < 4.78 is 27.0. The van der Waals surface area contributed by atoms with Gasteiger partial charge in [-0.1, -0.05) is 0 Å². The van der Waals surface area contributed by atoms with Crippen LogP contribution in [0.25, 0.3) is 0 Å². The number of aromatic nitrogens is 2. The lowest BCUT2D eigenvalue weighted by Crippen LogP contribution is -2.01. The summed E-state index contributed by atoms with van der Waals surface area (Å²) in [6, 6.07) is 3.05. The fourth-order valence-corrected chi connectivity index (χ4v) is 1.34. The topological polar surface area (TPSA) is 34.9 Å². The first-order valence-electron chi connectivity index (χ1n) is 4.56. The van der Waals surface area contributed by atoms with Gasteiger partial charge in [0.25, 0.3) is 0 Å².